The lowest BCUT2D eigenvalue weighted by molar-refractivity contribution is -0.137. The normalized spacial score (nSPS) is 11.9. The van der Waals surface area contributed by atoms with E-state index in [1.54, 1.807) is 117 Å². The molecule has 0 saturated carbocycles. The van der Waals surface area contributed by atoms with Crippen molar-refractivity contribution in [2.45, 2.75) is 84.0 Å². The molecule has 34 heteroatoms. The minimum atomic E-state index is -1.08. The number of fused-ring (bicyclic) bond motifs is 4. The molecule has 8 aromatic carbocycles. The topological polar surface area (TPSA) is 383 Å². The van der Waals surface area contributed by atoms with Crippen LogP contribution in [0.1, 0.15) is 55.9 Å². The van der Waals surface area contributed by atoms with Crippen LogP contribution in [0.5, 0.6) is 0 Å². The molecule has 0 aliphatic rings. The Morgan fingerprint density at radius 1 is 0.455 bits per heavy atom. The Hall–Kier alpha value is -12.4. The molecule has 0 radical (unpaired) electrons. The van der Waals surface area contributed by atoms with E-state index in [0.717, 1.165) is 59.3 Å². The Balaban J connectivity index is 0.000000212. The van der Waals surface area contributed by atoms with E-state index in [-0.39, 0.29) is 82.1 Å². The fourth-order valence-electron chi connectivity index (χ4n) is 12.5. The maximum absolute atomic E-state index is 14.6. The number of nitrogens with zero attached hydrogens (tertiary/aromatic N) is 9. The quantitative estimate of drug-likeness (QED) is 0.0132. The molecule has 0 bridgehead atoms. The van der Waals surface area contributed by atoms with Crippen LogP contribution in [0, 0.1) is 0 Å². The molecule has 4 aromatic heterocycles. The Bertz CT molecular complexity index is 5560. The zero-order chi connectivity index (χ0) is 87.6. The van der Waals surface area contributed by atoms with Crippen molar-refractivity contribution in [3.63, 3.8) is 0 Å². The fraction of sp³-hybridized carbons (Fsp3) is 0.247. The maximum atomic E-state index is 14.6. The number of pyridine rings is 4. The van der Waals surface area contributed by atoms with Gasteiger partial charge in [-0.15, -0.1) is 0 Å². The molecule has 12 rings (SSSR count). The second-order valence-electron chi connectivity index (χ2n) is 27.9. The van der Waals surface area contributed by atoms with E-state index in [9.17, 15) is 48.9 Å². The lowest BCUT2D eigenvalue weighted by Crippen LogP contribution is -2.54. The summed E-state index contributed by atoms with van der Waals surface area (Å²) in [4.78, 5) is 116. The number of carbonyl (C=O) groups is 7. The van der Waals surface area contributed by atoms with E-state index in [1.807, 2.05) is 133 Å². The van der Waals surface area contributed by atoms with Gasteiger partial charge >= 0.3 is 30.3 Å². The van der Waals surface area contributed by atoms with E-state index in [4.69, 9.17) is 71.2 Å². The number of ether oxygens (including phenoxy) is 3. The predicted molar refractivity (Wildman–Crippen MR) is 475 cm³/mol. The van der Waals surface area contributed by atoms with Gasteiger partial charge in [-0.1, -0.05) is 216 Å². The van der Waals surface area contributed by atoms with Gasteiger partial charge in [-0.2, -0.15) is 5.06 Å². The lowest BCUT2D eigenvalue weighted by Gasteiger charge is -2.36. The van der Waals surface area contributed by atoms with E-state index in [2.05, 4.69) is 52.1 Å². The number of nitrogens with two attached hydrogens (primary N) is 1. The molecule has 0 saturated heterocycles. The number of urea groups is 2. The first-order valence-electron chi connectivity index (χ1n) is 39.1. The van der Waals surface area contributed by atoms with Gasteiger partial charge in [0.15, 0.2) is 5.82 Å². The van der Waals surface area contributed by atoms with Gasteiger partial charge in [0.1, 0.15) is 37.3 Å². The van der Waals surface area contributed by atoms with Crippen LogP contribution in [0.4, 0.5) is 47.2 Å². The molecular weight excluding hydrogens is 1660 g/mol. The molecular formula is C89H94Cl4N16O14. The van der Waals surface area contributed by atoms with Gasteiger partial charge in [0, 0.05) is 132 Å². The van der Waals surface area contributed by atoms with E-state index < -0.39 is 68.3 Å². The number of hydrogen-bond acceptors (Lipinski definition) is 21. The third-order valence-corrected chi connectivity index (χ3v) is 20.4. The molecule has 642 valence electrons. The van der Waals surface area contributed by atoms with Gasteiger partial charge in [-0.3, -0.25) is 40.4 Å². The third kappa shape index (κ3) is 28.3. The van der Waals surface area contributed by atoms with Crippen LogP contribution in [-0.2, 0) is 54.8 Å². The summed E-state index contributed by atoms with van der Waals surface area (Å²) in [6.07, 6.45) is 5.29. The van der Waals surface area contributed by atoms with Gasteiger partial charge < -0.3 is 50.4 Å². The minimum Gasteiger partial charge on any atom is -0.447 e. The fourth-order valence-corrected chi connectivity index (χ4v) is 13.3. The summed E-state index contributed by atoms with van der Waals surface area (Å²) in [6.45, 7) is 3.17. The monoisotopic (exact) mass is 1750 g/mol. The standard InChI is InChI=1S/C43H44Cl2N8O7.C24H27ClN4O4.C22H23ClN4O3/c44-37-15-7-5-13-33(37)23-49-41(56)53(40-20-30-10-2-4-12-32(30)22-48-40)60-18-17-51(25-35(46)26-54)43(58)52(24-34-14-6-8-16-38(34)45)36(27-55)28-59-42(57)50-39-19-29-9-1-3-11-31(29)21-47-39;1-17(31)29(27-15-20-9-4-5-11-22(20)25)21(10-6-12-30)16-33-24(32)28-23-13-18-7-2-3-8-19(18)14-26-23;1-15(27(16(2)28)25-13-19-9-5-6-10-20(19)23)14-30-22(29)26-21-11-17-7-3-4-8-18(17)12-24-21/h1-16,19-22,35-36,54-55H,17-18,23-28,46H2,(H,49,56)(H,47,50,57);2-5,7-9,11,13-14,21,27,30H,6,10,12,15-16H2,1H3,(H,26,28,32);3-12,15,25H,13-14H2,1-2H3,(H,24,26,29)/t35-,36+;21-;15-/m100/s1. The van der Waals surface area contributed by atoms with Crippen LogP contribution in [0.3, 0.4) is 0 Å². The first-order chi connectivity index (χ1) is 59.5. The zero-order valence-corrected chi connectivity index (χ0v) is 70.5. The van der Waals surface area contributed by atoms with Crippen molar-refractivity contribution in [3.05, 3.63) is 286 Å². The summed E-state index contributed by atoms with van der Waals surface area (Å²) in [6, 6.07) is 61.8. The van der Waals surface area contributed by atoms with Crippen LogP contribution in [0.25, 0.3) is 43.1 Å². The number of amides is 9. The van der Waals surface area contributed by atoms with Crippen molar-refractivity contribution >= 4 is 155 Å². The summed E-state index contributed by atoms with van der Waals surface area (Å²) in [5, 5.41) is 53.6. The number of hydrazine groups is 2. The van der Waals surface area contributed by atoms with Gasteiger partial charge in [0.05, 0.1) is 37.9 Å². The van der Waals surface area contributed by atoms with Crippen molar-refractivity contribution in [1.82, 2.24) is 55.9 Å². The highest BCUT2D eigenvalue weighted by atomic mass is 35.5. The van der Waals surface area contributed by atoms with Gasteiger partial charge in [0.25, 0.3) is 0 Å². The molecule has 123 heavy (non-hydrogen) atoms. The average molecular weight is 1750 g/mol. The number of aliphatic hydroxyl groups is 3. The Labute approximate surface area is 730 Å². The summed E-state index contributed by atoms with van der Waals surface area (Å²) >= 11 is 25.2. The van der Waals surface area contributed by atoms with Crippen LogP contribution < -0.4 is 42.9 Å². The van der Waals surface area contributed by atoms with Crippen LogP contribution in [-0.4, -0.2) is 181 Å². The first-order valence-corrected chi connectivity index (χ1v) is 40.6. The first kappa shape index (κ1) is 92.8. The number of nitrogens with one attached hydrogen (secondary N) is 6. The molecule has 11 N–H and O–H groups in total. The molecule has 0 aliphatic carbocycles. The second-order valence-corrected chi connectivity index (χ2v) is 29.5. The summed E-state index contributed by atoms with van der Waals surface area (Å²) in [5.41, 5.74) is 15.2. The Kier molecular flexibility index (Phi) is 36.0. The molecule has 4 heterocycles. The summed E-state index contributed by atoms with van der Waals surface area (Å²) in [7, 11) is 0. The molecule has 12 aromatic rings. The van der Waals surface area contributed by atoms with Crippen LogP contribution >= 0.6 is 46.4 Å². The van der Waals surface area contributed by atoms with E-state index >= 15 is 0 Å². The van der Waals surface area contributed by atoms with Crippen molar-refractivity contribution in [2.24, 2.45) is 5.73 Å². The van der Waals surface area contributed by atoms with Crippen molar-refractivity contribution in [2.75, 3.05) is 80.4 Å². The van der Waals surface area contributed by atoms with Crippen molar-refractivity contribution < 1.29 is 67.9 Å². The summed E-state index contributed by atoms with van der Waals surface area (Å²) < 4.78 is 16.2. The third-order valence-electron chi connectivity index (χ3n) is 19.0. The van der Waals surface area contributed by atoms with Gasteiger partial charge in [0.2, 0.25) is 11.8 Å². The number of rotatable bonds is 34. The Morgan fingerprint density at radius 3 is 1.26 bits per heavy atom. The highest BCUT2D eigenvalue weighted by Crippen LogP contribution is 2.27. The average Bonchev–Trinajstić information content (AvgIpc) is 0.825. The highest BCUT2D eigenvalue weighted by Gasteiger charge is 2.32. The molecule has 0 aliphatic heterocycles. The Morgan fingerprint density at radius 2 is 0.837 bits per heavy atom. The number of carbonyl (C=O) groups excluding carboxylic acids is 7. The lowest BCUT2D eigenvalue weighted by atomic mass is 10.1. The van der Waals surface area contributed by atoms with Crippen LogP contribution in [0.2, 0.25) is 20.1 Å². The number of hydrogen-bond donors (Lipinski definition) is 10. The molecule has 30 nitrogen and oxygen atoms in total. The number of aromatic nitrogens is 4. The highest BCUT2D eigenvalue weighted by molar-refractivity contribution is 6.32. The second kappa shape index (κ2) is 47.7. The zero-order valence-electron chi connectivity index (χ0n) is 67.5. The van der Waals surface area contributed by atoms with Crippen LogP contribution in [0.15, 0.2) is 243 Å². The van der Waals surface area contributed by atoms with Gasteiger partial charge in [-0.25, -0.2) is 54.8 Å². The molecule has 0 spiro atoms. The maximum Gasteiger partial charge on any atom is 0.412 e. The predicted octanol–water partition coefficient (Wildman–Crippen LogP) is 15.1. The molecule has 9 amide bonds. The largest absolute Gasteiger partial charge is 0.447 e. The molecule has 0 unspecified atom stereocenters. The molecule has 4 atom stereocenters. The number of anilines is 4. The number of hydroxylamine groups is 1. The SMILES string of the molecule is CC(=O)N(NCc1ccccc1Cl)[C@@H](C)COC(=O)Nc1cc2ccccc2cn1.CC(=O)N(NCc1ccccc1Cl)[C@@H](CCCO)COC(=O)Nc1cc2ccccc2cn1.N[C@@H](CO)CN(CCON(C(=O)NCc1ccccc1Cl)c1cc2ccccc2cn1)C(=O)N(Cc1ccccc1Cl)[C@@H](CO)COC(=O)Nc1cc2ccccc2cn1. The number of benzene rings is 8. The number of halogens is 4. The van der Waals surface area contributed by atoms with Crippen molar-refractivity contribution in [3.8, 4) is 0 Å². The van der Waals surface area contributed by atoms with E-state index in [1.165, 1.54) is 33.7 Å². The number of aliphatic hydroxyl groups excluding tert-OH is 3. The van der Waals surface area contributed by atoms with Gasteiger partial charge in [-0.05, 0) is 112 Å². The summed E-state index contributed by atoms with van der Waals surface area (Å²) in [5.74, 6) is 0.737. The van der Waals surface area contributed by atoms with Crippen molar-refractivity contribution in [1.29, 1.82) is 0 Å². The molecule has 0 fully saturated rings. The minimum absolute atomic E-state index is 0.00845. The van der Waals surface area contributed by atoms with E-state index in [0.29, 0.717) is 68.8 Å². The smallest absolute Gasteiger partial charge is 0.412 e.